The van der Waals surface area contributed by atoms with Gasteiger partial charge in [-0.2, -0.15) is 0 Å². The second kappa shape index (κ2) is 6.23. The molecule has 1 amide bonds. The van der Waals surface area contributed by atoms with Gasteiger partial charge in [-0.1, -0.05) is 31.5 Å². The van der Waals surface area contributed by atoms with E-state index >= 15 is 0 Å². The number of benzene rings is 1. The number of unbranched alkanes of at least 4 members (excludes halogenated alkanes) is 1. The largest absolute Gasteiger partial charge is 0.313 e. The van der Waals surface area contributed by atoms with Gasteiger partial charge in [0.05, 0.1) is 0 Å². The van der Waals surface area contributed by atoms with Gasteiger partial charge in [-0.25, -0.2) is 0 Å². The van der Waals surface area contributed by atoms with Crippen molar-refractivity contribution >= 4 is 11.6 Å². The minimum Gasteiger partial charge on any atom is -0.313 e. The molecule has 0 N–H and O–H groups in total. The van der Waals surface area contributed by atoms with Gasteiger partial charge >= 0.3 is 0 Å². The fraction of sp³-hybridized carbons (Fsp3) is 0.462. The molecule has 0 aromatic heterocycles. The van der Waals surface area contributed by atoms with Crippen LogP contribution in [0.25, 0.3) is 0 Å². The standard InChI is InChI=1S/C13H19NO/c1-3-5-11-13(15)14(4-2)12-9-7-6-8-10-12/h6-10H,3-5,11H2,1-2H3. The Hall–Kier alpha value is -1.31. The lowest BCUT2D eigenvalue weighted by Gasteiger charge is -2.20. The highest BCUT2D eigenvalue weighted by Crippen LogP contribution is 2.14. The maximum absolute atomic E-state index is 11.9. The molecule has 2 nitrogen and oxygen atoms in total. The van der Waals surface area contributed by atoms with Crippen LogP contribution in [-0.2, 0) is 4.79 Å². The molecule has 0 radical (unpaired) electrons. The van der Waals surface area contributed by atoms with Gasteiger partial charge in [0.2, 0.25) is 5.91 Å². The van der Waals surface area contributed by atoms with Crippen LogP contribution in [-0.4, -0.2) is 12.5 Å². The molecule has 0 heterocycles. The Balaban J connectivity index is 2.67. The average molecular weight is 205 g/mol. The molecule has 0 fully saturated rings. The molecule has 0 aliphatic heterocycles. The van der Waals surface area contributed by atoms with Crippen LogP contribution in [0.3, 0.4) is 0 Å². The first kappa shape index (κ1) is 11.8. The first-order valence-corrected chi connectivity index (χ1v) is 5.65. The zero-order valence-corrected chi connectivity index (χ0v) is 9.57. The van der Waals surface area contributed by atoms with E-state index in [4.69, 9.17) is 0 Å². The Morgan fingerprint density at radius 1 is 1.20 bits per heavy atom. The van der Waals surface area contributed by atoms with Crippen molar-refractivity contribution in [3.05, 3.63) is 30.3 Å². The highest BCUT2D eigenvalue weighted by Gasteiger charge is 2.11. The molecular formula is C13H19NO. The van der Waals surface area contributed by atoms with E-state index in [2.05, 4.69) is 6.92 Å². The van der Waals surface area contributed by atoms with Crippen molar-refractivity contribution in [2.75, 3.05) is 11.4 Å². The molecule has 0 saturated carbocycles. The summed E-state index contributed by atoms with van der Waals surface area (Å²) in [6.45, 7) is 4.86. The van der Waals surface area contributed by atoms with Crippen LogP contribution in [0.4, 0.5) is 5.69 Å². The van der Waals surface area contributed by atoms with Crippen molar-refractivity contribution in [3.8, 4) is 0 Å². The first-order valence-electron chi connectivity index (χ1n) is 5.65. The number of para-hydroxylation sites is 1. The van der Waals surface area contributed by atoms with Crippen molar-refractivity contribution in [3.63, 3.8) is 0 Å². The van der Waals surface area contributed by atoms with E-state index in [0.717, 1.165) is 25.1 Å². The monoisotopic (exact) mass is 205 g/mol. The van der Waals surface area contributed by atoms with E-state index < -0.39 is 0 Å². The number of hydrogen-bond donors (Lipinski definition) is 0. The summed E-state index contributed by atoms with van der Waals surface area (Å²) in [7, 11) is 0. The zero-order chi connectivity index (χ0) is 11.1. The van der Waals surface area contributed by atoms with Crippen molar-refractivity contribution < 1.29 is 4.79 Å². The van der Waals surface area contributed by atoms with Crippen molar-refractivity contribution in [1.29, 1.82) is 0 Å². The zero-order valence-electron chi connectivity index (χ0n) is 9.57. The van der Waals surface area contributed by atoms with Crippen molar-refractivity contribution in [2.45, 2.75) is 33.1 Å². The molecule has 2 heteroatoms. The van der Waals surface area contributed by atoms with Crippen molar-refractivity contribution in [2.24, 2.45) is 0 Å². The maximum atomic E-state index is 11.9. The Bertz CT molecular complexity index is 295. The molecule has 0 atom stereocenters. The smallest absolute Gasteiger partial charge is 0.226 e. The summed E-state index contributed by atoms with van der Waals surface area (Å²) >= 11 is 0. The summed E-state index contributed by atoms with van der Waals surface area (Å²) < 4.78 is 0. The number of carbonyl (C=O) groups excluding carboxylic acids is 1. The van der Waals surface area contributed by atoms with Gasteiger partial charge < -0.3 is 4.90 Å². The van der Waals surface area contributed by atoms with Gasteiger partial charge in [-0.15, -0.1) is 0 Å². The minimum absolute atomic E-state index is 0.227. The molecule has 0 aliphatic rings. The third-order valence-corrected chi connectivity index (χ3v) is 2.43. The van der Waals surface area contributed by atoms with Gasteiger partial charge in [0.1, 0.15) is 0 Å². The van der Waals surface area contributed by atoms with Crippen LogP contribution in [0.2, 0.25) is 0 Å². The second-order valence-corrected chi connectivity index (χ2v) is 3.58. The SMILES string of the molecule is CCCCC(=O)N(CC)c1ccccc1. The summed E-state index contributed by atoms with van der Waals surface area (Å²) in [5.74, 6) is 0.227. The van der Waals surface area contributed by atoms with Gasteiger partial charge in [-0.3, -0.25) is 4.79 Å². The number of nitrogens with zero attached hydrogens (tertiary/aromatic N) is 1. The van der Waals surface area contributed by atoms with Gasteiger partial charge in [0, 0.05) is 18.7 Å². The topological polar surface area (TPSA) is 20.3 Å². The lowest BCUT2D eigenvalue weighted by Crippen LogP contribution is -2.30. The van der Waals surface area contributed by atoms with E-state index in [9.17, 15) is 4.79 Å². The number of amides is 1. The van der Waals surface area contributed by atoms with Crippen LogP contribution in [0, 0.1) is 0 Å². The first-order chi connectivity index (χ1) is 7.29. The van der Waals surface area contributed by atoms with E-state index in [0.29, 0.717) is 6.42 Å². The summed E-state index contributed by atoms with van der Waals surface area (Å²) in [5.41, 5.74) is 1.00. The Labute approximate surface area is 91.9 Å². The van der Waals surface area contributed by atoms with Crippen LogP contribution >= 0.6 is 0 Å². The molecule has 1 aromatic rings. The third kappa shape index (κ3) is 3.39. The molecule has 0 unspecified atom stereocenters. The fourth-order valence-corrected chi connectivity index (χ4v) is 1.57. The van der Waals surface area contributed by atoms with E-state index in [1.807, 2.05) is 42.2 Å². The second-order valence-electron chi connectivity index (χ2n) is 3.58. The summed E-state index contributed by atoms with van der Waals surface area (Å²) in [6, 6.07) is 9.85. The quantitative estimate of drug-likeness (QED) is 0.722. The molecule has 1 aromatic carbocycles. The normalized spacial score (nSPS) is 10.0. The molecule has 82 valence electrons. The van der Waals surface area contributed by atoms with E-state index in [1.165, 1.54) is 0 Å². The Kier molecular flexibility index (Phi) is 4.88. The Morgan fingerprint density at radius 2 is 1.87 bits per heavy atom. The van der Waals surface area contributed by atoms with E-state index in [-0.39, 0.29) is 5.91 Å². The average Bonchev–Trinajstić information content (AvgIpc) is 2.29. The fourth-order valence-electron chi connectivity index (χ4n) is 1.57. The molecule has 0 spiro atoms. The lowest BCUT2D eigenvalue weighted by molar-refractivity contribution is -0.118. The molecule has 0 bridgehead atoms. The predicted octanol–water partition coefficient (Wildman–Crippen LogP) is 3.23. The maximum Gasteiger partial charge on any atom is 0.226 e. The highest BCUT2D eigenvalue weighted by atomic mass is 16.2. The van der Waals surface area contributed by atoms with E-state index in [1.54, 1.807) is 0 Å². The Morgan fingerprint density at radius 3 is 2.40 bits per heavy atom. The number of anilines is 1. The summed E-state index contributed by atoms with van der Waals surface area (Å²) in [5, 5.41) is 0. The van der Waals surface area contributed by atoms with Crippen LogP contribution in [0.5, 0.6) is 0 Å². The molecule has 15 heavy (non-hydrogen) atoms. The molecule has 0 aliphatic carbocycles. The number of hydrogen-bond acceptors (Lipinski definition) is 1. The number of carbonyl (C=O) groups is 1. The third-order valence-electron chi connectivity index (χ3n) is 2.43. The lowest BCUT2D eigenvalue weighted by atomic mass is 10.2. The van der Waals surface area contributed by atoms with Crippen molar-refractivity contribution in [1.82, 2.24) is 0 Å². The van der Waals surface area contributed by atoms with Gasteiger partial charge in [0.25, 0.3) is 0 Å². The molecular weight excluding hydrogens is 186 g/mol. The van der Waals surface area contributed by atoms with Crippen LogP contribution in [0.1, 0.15) is 33.1 Å². The molecule has 0 saturated heterocycles. The van der Waals surface area contributed by atoms with Gasteiger partial charge in [-0.05, 0) is 25.5 Å². The summed E-state index contributed by atoms with van der Waals surface area (Å²) in [4.78, 5) is 13.7. The van der Waals surface area contributed by atoms with Crippen LogP contribution < -0.4 is 4.90 Å². The molecule has 1 rings (SSSR count). The summed E-state index contributed by atoms with van der Waals surface area (Å²) in [6.07, 6.45) is 2.69. The minimum atomic E-state index is 0.227. The predicted molar refractivity (Wildman–Crippen MR) is 64.0 cm³/mol. The van der Waals surface area contributed by atoms with Gasteiger partial charge in [0.15, 0.2) is 0 Å². The van der Waals surface area contributed by atoms with Crippen LogP contribution in [0.15, 0.2) is 30.3 Å². The number of rotatable bonds is 5. The highest BCUT2D eigenvalue weighted by molar-refractivity contribution is 5.93.